The largest absolute Gasteiger partial charge is 0.335 e. The lowest BCUT2D eigenvalue weighted by molar-refractivity contribution is 0.240. The molecule has 16 heavy (non-hydrogen) atoms. The van der Waals surface area contributed by atoms with Crippen molar-refractivity contribution in [1.29, 1.82) is 0 Å². The van der Waals surface area contributed by atoms with Crippen molar-refractivity contribution in [1.82, 2.24) is 10.6 Å². The van der Waals surface area contributed by atoms with Gasteiger partial charge in [-0.25, -0.2) is 4.79 Å². The van der Waals surface area contributed by atoms with E-state index in [1.54, 1.807) is 0 Å². The van der Waals surface area contributed by atoms with Crippen molar-refractivity contribution in [2.45, 2.75) is 58.9 Å². The van der Waals surface area contributed by atoms with E-state index in [4.69, 9.17) is 0 Å². The summed E-state index contributed by atoms with van der Waals surface area (Å²) in [7, 11) is 0. The molecule has 1 rings (SSSR count). The third-order valence-corrected chi connectivity index (χ3v) is 3.42. The normalized spacial score (nSPS) is 19.6. The van der Waals surface area contributed by atoms with Crippen LogP contribution in [0.1, 0.15) is 52.9 Å². The number of carbonyl (C=O) groups is 1. The fourth-order valence-corrected chi connectivity index (χ4v) is 2.05. The minimum atomic E-state index is -0.0910. The number of carbonyl (C=O) groups excluding carboxylic acids is 1. The summed E-state index contributed by atoms with van der Waals surface area (Å²) in [6, 6.07) is 0.145. The highest BCUT2D eigenvalue weighted by Gasteiger charge is 2.16. The molecule has 1 aliphatic rings. The highest BCUT2D eigenvalue weighted by molar-refractivity contribution is 5.75. The van der Waals surface area contributed by atoms with Crippen LogP contribution in [-0.4, -0.2) is 12.1 Å². The standard InChI is InChI=1S/C13H24N2O/c1-4-11(3)15-13(16)14-9-10(2)12-7-5-6-8-12/h9,11-12H,4-8H2,1-3H3,(H2,14,15,16)/b10-9+. The SMILES string of the molecule is CCC(C)NC(=O)N/C=C(\C)C1CCCC1. The number of urea groups is 1. The molecule has 0 radical (unpaired) electrons. The molecule has 1 aliphatic carbocycles. The summed E-state index contributed by atoms with van der Waals surface area (Å²) >= 11 is 0. The van der Waals surface area contributed by atoms with E-state index < -0.39 is 0 Å². The smallest absolute Gasteiger partial charge is 0.318 e. The highest BCUT2D eigenvalue weighted by Crippen LogP contribution is 2.30. The van der Waals surface area contributed by atoms with Gasteiger partial charge in [0.25, 0.3) is 0 Å². The van der Waals surface area contributed by atoms with E-state index in [1.807, 2.05) is 13.1 Å². The van der Waals surface area contributed by atoms with Crippen LogP contribution in [0.5, 0.6) is 0 Å². The molecular weight excluding hydrogens is 200 g/mol. The van der Waals surface area contributed by atoms with Crippen LogP contribution < -0.4 is 10.6 Å². The molecule has 1 unspecified atom stereocenters. The second-order valence-electron chi connectivity index (χ2n) is 4.80. The summed E-state index contributed by atoms with van der Waals surface area (Å²) in [5, 5.41) is 5.69. The van der Waals surface area contributed by atoms with Crippen LogP contribution in [0.4, 0.5) is 4.79 Å². The molecular formula is C13H24N2O. The molecule has 0 spiro atoms. The zero-order chi connectivity index (χ0) is 12.0. The van der Waals surface area contributed by atoms with Gasteiger partial charge in [-0.15, -0.1) is 0 Å². The monoisotopic (exact) mass is 224 g/mol. The fourth-order valence-electron chi connectivity index (χ4n) is 2.05. The molecule has 0 aromatic heterocycles. The van der Waals surface area contributed by atoms with Crippen molar-refractivity contribution >= 4 is 6.03 Å². The van der Waals surface area contributed by atoms with Gasteiger partial charge in [-0.1, -0.05) is 25.3 Å². The van der Waals surface area contributed by atoms with E-state index in [0.717, 1.165) is 6.42 Å². The lowest BCUT2D eigenvalue weighted by Gasteiger charge is -2.13. The van der Waals surface area contributed by atoms with E-state index in [9.17, 15) is 4.79 Å². The first-order chi connectivity index (χ1) is 7.63. The first-order valence-corrected chi connectivity index (χ1v) is 6.37. The van der Waals surface area contributed by atoms with E-state index in [1.165, 1.54) is 31.3 Å². The molecule has 92 valence electrons. The van der Waals surface area contributed by atoms with Gasteiger partial charge in [-0.2, -0.15) is 0 Å². The Morgan fingerprint density at radius 1 is 1.44 bits per heavy atom. The highest BCUT2D eigenvalue weighted by atomic mass is 16.2. The Balaban J connectivity index is 2.31. The summed E-state index contributed by atoms with van der Waals surface area (Å²) in [6.45, 7) is 6.18. The lowest BCUT2D eigenvalue weighted by Crippen LogP contribution is -2.38. The number of hydrogen-bond donors (Lipinski definition) is 2. The minimum Gasteiger partial charge on any atom is -0.335 e. The van der Waals surface area contributed by atoms with Crippen molar-refractivity contribution in [2.24, 2.45) is 5.92 Å². The van der Waals surface area contributed by atoms with E-state index in [-0.39, 0.29) is 12.1 Å². The molecule has 1 saturated carbocycles. The van der Waals surface area contributed by atoms with Crippen LogP contribution >= 0.6 is 0 Å². The molecule has 3 nitrogen and oxygen atoms in total. The van der Waals surface area contributed by atoms with Gasteiger partial charge >= 0.3 is 6.03 Å². The second kappa shape index (κ2) is 6.56. The number of rotatable bonds is 4. The molecule has 0 aliphatic heterocycles. The van der Waals surface area contributed by atoms with Crippen molar-refractivity contribution < 1.29 is 4.79 Å². The van der Waals surface area contributed by atoms with Crippen LogP contribution in [0, 0.1) is 5.92 Å². The third-order valence-electron chi connectivity index (χ3n) is 3.42. The molecule has 2 N–H and O–H groups in total. The number of hydrogen-bond acceptors (Lipinski definition) is 1. The summed E-state index contributed by atoms with van der Waals surface area (Å²) in [4.78, 5) is 11.5. The molecule has 1 atom stereocenters. The van der Waals surface area contributed by atoms with Gasteiger partial charge in [0, 0.05) is 12.2 Å². The molecule has 3 heteroatoms. The van der Waals surface area contributed by atoms with Crippen LogP contribution in [0.3, 0.4) is 0 Å². The molecule has 0 heterocycles. The maximum atomic E-state index is 11.5. The van der Waals surface area contributed by atoms with Crippen LogP contribution in [0.2, 0.25) is 0 Å². The lowest BCUT2D eigenvalue weighted by atomic mass is 10.0. The number of nitrogens with one attached hydrogen (secondary N) is 2. The van der Waals surface area contributed by atoms with E-state index in [2.05, 4.69) is 24.5 Å². The van der Waals surface area contributed by atoms with E-state index in [0.29, 0.717) is 5.92 Å². The van der Waals surface area contributed by atoms with Gasteiger partial charge in [-0.05, 0) is 39.0 Å². The van der Waals surface area contributed by atoms with Crippen molar-refractivity contribution in [3.63, 3.8) is 0 Å². The third kappa shape index (κ3) is 4.25. The maximum Gasteiger partial charge on any atom is 0.318 e. The van der Waals surface area contributed by atoms with Gasteiger partial charge in [0.15, 0.2) is 0 Å². The Morgan fingerprint density at radius 3 is 2.62 bits per heavy atom. The van der Waals surface area contributed by atoms with Gasteiger partial charge in [0.1, 0.15) is 0 Å². The van der Waals surface area contributed by atoms with Gasteiger partial charge in [-0.3, -0.25) is 0 Å². The maximum absolute atomic E-state index is 11.5. The number of amides is 2. The van der Waals surface area contributed by atoms with Crippen molar-refractivity contribution in [3.05, 3.63) is 11.8 Å². The number of allylic oxidation sites excluding steroid dienone is 1. The summed E-state index contributed by atoms with van der Waals surface area (Å²) in [5.41, 5.74) is 1.30. The predicted octanol–water partition coefficient (Wildman–Crippen LogP) is 3.18. The van der Waals surface area contributed by atoms with Crippen molar-refractivity contribution in [3.8, 4) is 0 Å². The van der Waals surface area contributed by atoms with Crippen LogP contribution in [0.25, 0.3) is 0 Å². The topological polar surface area (TPSA) is 41.1 Å². The molecule has 2 amide bonds. The average molecular weight is 224 g/mol. The Bertz CT molecular complexity index is 255. The Hall–Kier alpha value is -0.990. The molecule has 0 bridgehead atoms. The quantitative estimate of drug-likeness (QED) is 0.756. The second-order valence-corrected chi connectivity index (χ2v) is 4.80. The molecule has 0 aromatic carbocycles. The Labute approximate surface area is 98.7 Å². The Kier molecular flexibility index (Phi) is 5.36. The van der Waals surface area contributed by atoms with E-state index >= 15 is 0 Å². The first kappa shape index (κ1) is 13.1. The van der Waals surface area contributed by atoms with Crippen LogP contribution in [-0.2, 0) is 0 Å². The van der Waals surface area contributed by atoms with Gasteiger partial charge < -0.3 is 10.6 Å². The van der Waals surface area contributed by atoms with Crippen molar-refractivity contribution in [2.75, 3.05) is 0 Å². The zero-order valence-corrected chi connectivity index (χ0v) is 10.7. The first-order valence-electron chi connectivity index (χ1n) is 6.37. The minimum absolute atomic E-state index is 0.0910. The summed E-state index contributed by atoms with van der Waals surface area (Å²) in [6.07, 6.45) is 8.03. The fraction of sp³-hybridized carbons (Fsp3) is 0.769. The molecule has 0 aromatic rings. The van der Waals surface area contributed by atoms with Gasteiger partial charge in [0.2, 0.25) is 0 Å². The summed E-state index contributed by atoms with van der Waals surface area (Å²) < 4.78 is 0. The molecule has 1 fully saturated rings. The van der Waals surface area contributed by atoms with Crippen LogP contribution in [0.15, 0.2) is 11.8 Å². The average Bonchev–Trinajstić information content (AvgIpc) is 2.79. The summed E-state index contributed by atoms with van der Waals surface area (Å²) in [5.74, 6) is 0.684. The predicted molar refractivity (Wildman–Crippen MR) is 67.1 cm³/mol. The molecule has 0 saturated heterocycles. The zero-order valence-electron chi connectivity index (χ0n) is 10.7. The Morgan fingerprint density at radius 2 is 2.06 bits per heavy atom. The van der Waals surface area contributed by atoms with Gasteiger partial charge in [0.05, 0.1) is 0 Å².